The molecule has 5 heterocycles. The Morgan fingerprint density at radius 3 is 2.59 bits per heavy atom. The number of benzene rings is 1. The Hall–Kier alpha value is -3.28. The van der Waals surface area contributed by atoms with E-state index in [4.69, 9.17) is 4.52 Å². The number of carbonyl (C=O) groups excluding carboxylic acids is 2. The van der Waals surface area contributed by atoms with Crippen molar-refractivity contribution >= 4 is 29.0 Å². The number of aliphatic hydroxyl groups is 1. The average molecular weight is 579 g/mol. The highest BCUT2D eigenvalue weighted by Gasteiger charge is 2.44. The smallest absolute Gasteiger partial charge is 0.243 e. The quantitative estimate of drug-likeness (QED) is 0.372. The Labute approximate surface area is 244 Å². The van der Waals surface area contributed by atoms with Crippen molar-refractivity contribution in [1.82, 2.24) is 25.7 Å². The maximum absolute atomic E-state index is 14.0. The summed E-state index contributed by atoms with van der Waals surface area (Å²) in [6.07, 6.45) is 0.521. The monoisotopic (exact) mass is 578 g/mol. The number of nitrogens with one attached hydrogen (secondary N) is 2. The SMILES string of the molecule is Cc1ncsc1-c1ccc(C(C)NC(=O)[C@@H]2C[C@@H](O)CN2C(=O)C(c2cc(N3C[C@H]4C[C@@H]3CN4)no2)C(C)C)cc1. The summed E-state index contributed by atoms with van der Waals surface area (Å²) in [6.45, 7) is 9.77. The Morgan fingerprint density at radius 2 is 1.95 bits per heavy atom. The molecule has 6 rings (SSSR count). The van der Waals surface area contributed by atoms with E-state index in [0.717, 1.165) is 47.0 Å². The first-order chi connectivity index (χ1) is 19.7. The fourth-order valence-corrected chi connectivity index (χ4v) is 7.33. The number of carbonyl (C=O) groups is 2. The fourth-order valence-electron chi connectivity index (χ4n) is 6.52. The molecule has 2 unspecified atom stereocenters. The molecule has 2 amide bonds. The van der Waals surface area contributed by atoms with Gasteiger partial charge in [0.1, 0.15) is 12.0 Å². The largest absolute Gasteiger partial charge is 0.391 e. The number of aromatic nitrogens is 2. The molecule has 11 heteroatoms. The van der Waals surface area contributed by atoms with Gasteiger partial charge in [-0.05, 0) is 37.3 Å². The number of fused-ring (bicyclic) bond motifs is 2. The number of aryl methyl sites for hydroxylation is 1. The minimum Gasteiger partial charge on any atom is -0.391 e. The lowest BCUT2D eigenvalue weighted by atomic mass is 9.91. The van der Waals surface area contributed by atoms with E-state index in [-0.39, 0.29) is 36.7 Å². The van der Waals surface area contributed by atoms with Gasteiger partial charge in [-0.1, -0.05) is 43.3 Å². The summed E-state index contributed by atoms with van der Waals surface area (Å²) in [5, 5.41) is 21.4. The van der Waals surface area contributed by atoms with E-state index < -0.39 is 18.1 Å². The molecule has 3 fully saturated rings. The average Bonchev–Trinajstić information content (AvgIpc) is 3.77. The summed E-state index contributed by atoms with van der Waals surface area (Å²) in [4.78, 5) is 36.7. The van der Waals surface area contributed by atoms with Crippen LogP contribution < -0.4 is 15.5 Å². The summed E-state index contributed by atoms with van der Waals surface area (Å²) in [6, 6.07) is 9.80. The van der Waals surface area contributed by atoms with Gasteiger partial charge in [-0.3, -0.25) is 9.59 Å². The van der Waals surface area contributed by atoms with E-state index in [0.29, 0.717) is 17.8 Å². The molecule has 0 radical (unpaired) electrons. The van der Waals surface area contributed by atoms with E-state index >= 15 is 0 Å². The van der Waals surface area contributed by atoms with Gasteiger partial charge in [-0.15, -0.1) is 11.3 Å². The van der Waals surface area contributed by atoms with Crippen molar-refractivity contribution in [2.75, 3.05) is 24.5 Å². The molecule has 41 heavy (non-hydrogen) atoms. The zero-order valence-corrected chi connectivity index (χ0v) is 24.7. The number of piperazine rings is 1. The van der Waals surface area contributed by atoms with Crippen LogP contribution in [0.25, 0.3) is 10.4 Å². The highest BCUT2D eigenvalue weighted by molar-refractivity contribution is 7.13. The van der Waals surface area contributed by atoms with Crippen molar-refractivity contribution in [3.8, 4) is 10.4 Å². The molecule has 2 bridgehead atoms. The van der Waals surface area contributed by atoms with E-state index in [1.165, 1.54) is 4.90 Å². The molecule has 0 spiro atoms. The number of likely N-dealkylation sites (tertiary alicyclic amines) is 1. The molecule has 0 saturated carbocycles. The minimum atomic E-state index is -0.766. The number of hydrogen-bond donors (Lipinski definition) is 3. The van der Waals surface area contributed by atoms with Crippen LogP contribution in [0.15, 0.2) is 40.4 Å². The highest BCUT2D eigenvalue weighted by Crippen LogP contribution is 2.35. The van der Waals surface area contributed by atoms with Crippen molar-refractivity contribution in [1.29, 1.82) is 0 Å². The number of nitrogens with zero attached hydrogens (tertiary/aromatic N) is 4. The third-order valence-electron chi connectivity index (χ3n) is 8.75. The number of thiazole rings is 1. The normalized spacial score (nSPS) is 25.2. The predicted octanol–water partition coefficient (Wildman–Crippen LogP) is 3.24. The van der Waals surface area contributed by atoms with Gasteiger partial charge in [0, 0.05) is 44.2 Å². The van der Waals surface area contributed by atoms with Crippen LogP contribution in [0.5, 0.6) is 0 Å². The van der Waals surface area contributed by atoms with Gasteiger partial charge in [-0.25, -0.2) is 4.98 Å². The molecule has 1 aromatic carbocycles. The van der Waals surface area contributed by atoms with Gasteiger partial charge in [0.25, 0.3) is 0 Å². The first-order valence-corrected chi connectivity index (χ1v) is 15.3. The minimum absolute atomic E-state index is 0.0823. The number of anilines is 1. The summed E-state index contributed by atoms with van der Waals surface area (Å²) in [7, 11) is 0. The third-order valence-corrected chi connectivity index (χ3v) is 9.73. The van der Waals surface area contributed by atoms with Crippen LogP contribution >= 0.6 is 11.3 Å². The number of β-amino-alcohol motifs (C(OH)–C–C–N with tert-alkyl or cyclic N) is 1. The van der Waals surface area contributed by atoms with E-state index in [1.807, 2.05) is 63.5 Å². The van der Waals surface area contributed by atoms with Gasteiger partial charge in [0.15, 0.2) is 11.6 Å². The summed E-state index contributed by atoms with van der Waals surface area (Å²) < 4.78 is 5.75. The van der Waals surface area contributed by atoms with Crippen molar-refractivity contribution in [2.24, 2.45) is 5.92 Å². The molecule has 3 aliphatic heterocycles. The fraction of sp³-hybridized carbons (Fsp3) is 0.533. The lowest BCUT2D eigenvalue weighted by Crippen LogP contribution is -2.48. The van der Waals surface area contributed by atoms with Gasteiger partial charge < -0.3 is 30.1 Å². The maximum Gasteiger partial charge on any atom is 0.243 e. The number of hydrogen-bond acceptors (Lipinski definition) is 9. The number of rotatable bonds is 8. The van der Waals surface area contributed by atoms with E-state index in [9.17, 15) is 14.7 Å². The van der Waals surface area contributed by atoms with Crippen molar-refractivity contribution in [3.05, 3.63) is 52.9 Å². The first kappa shape index (κ1) is 27.9. The van der Waals surface area contributed by atoms with Crippen LogP contribution in [0.1, 0.15) is 62.6 Å². The molecule has 0 aliphatic carbocycles. The second-order valence-corrected chi connectivity index (χ2v) is 12.8. The Kier molecular flexibility index (Phi) is 7.60. The molecule has 3 aliphatic rings. The van der Waals surface area contributed by atoms with Crippen molar-refractivity contribution < 1.29 is 19.2 Å². The van der Waals surface area contributed by atoms with Crippen LogP contribution in [-0.4, -0.2) is 75.8 Å². The summed E-state index contributed by atoms with van der Waals surface area (Å²) in [5.74, 6) is 0.0811. The third kappa shape index (κ3) is 5.38. The predicted molar refractivity (Wildman–Crippen MR) is 157 cm³/mol. The van der Waals surface area contributed by atoms with Crippen LogP contribution in [0.4, 0.5) is 5.82 Å². The molecule has 3 saturated heterocycles. The van der Waals surface area contributed by atoms with Crippen molar-refractivity contribution in [3.63, 3.8) is 0 Å². The van der Waals surface area contributed by atoms with Crippen molar-refractivity contribution in [2.45, 2.75) is 76.7 Å². The molecule has 218 valence electrons. The zero-order valence-electron chi connectivity index (χ0n) is 23.9. The molecule has 3 N–H and O–H groups in total. The highest BCUT2D eigenvalue weighted by atomic mass is 32.1. The Balaban J connectivity index is 1.15. The number of aliphatic hydroxyl groups excluding tert-OH is 1. The van der Waals surface area contributed by atoms with E-state index in [2.05, 4.69) is 25.7 Å². The second kappa shape index (κ2) is 11.2. The lowest BCUT2D eigenvalue weighted by molar-refractivity contribution is -0.141. The summed E-state index contributed by atoms with van der Waals surface area (Å²) in [5.41, 5.74) is 4.88. The van der Waals surface area contributed by atoms with Gasteiger partial charge >= 0.3 is 0 Å². The molecule has 2 aromatic heterocycles. The molecule has 3 aromatic rings. The van der Waals surface area contributed by atoms with Gasteiger partial charge in [0.2, 0.25) is 11.8 Å². The molecule has 6 atom stereocenters. The molecular weight excluding hydrogens is 540 g/mol. The Morgan fingerprint density at radius 1 is 1.17 bits per heavy atom. The van der Waals surface area contributed by atoms with Crippen LogP contribution in [0.2, 0.25) is 0 Å². The van der Waals surface area contributed by atoms with Crippen LogP contribution in [-0.2, 0) is 9.59 Å². The lowest BCUT2D eigenvalue weighted by Gasteiger charge is -2.29. The topological polar surface area (TPSA) is 124 Å². The Bertz CT molecular complexity index is 1400. The van der Waals surface area contributed by atoms with Gasteiger partial charge in [0.05, 0.1) is 28.2 Å². The van der Waals surface area contributed by atoms with E-state index in [1.54, 1.807) is 11.3 Å². The second-order valence-electron chi connectivity index (χ2n) is 12.0. The number of amides is 2. The standard InChI is InChI=1S/C30H38N6O4S/c1-16(2)27(25-11-26(34-40-25)35-13-21-9-22(35)12-31-21)30(39)36-14-23(37)10-24(36)29(38)33-17(3)19-5-7-20(8-6-19)28-18(4)32-15-41-28/h5-8,11,15-17,21-24,27,31,37H,9-10,12-14H2,1-4H3,(H,33,38)/t17?,21-,22-,23-,24+,27?/m1/s1. The first-order valence-electron chi connectivity index (χ1n) is 14.5. The zero-order chi connectivity index (χ0) is 28.8. The van der Waals surface area contributed by atoms with Gasteiger partial charge in [-0.2, -0.15) is 0 Å². The molecular formula is C30H38N6O4S. The molecule has 10 nitrogen and oxygen atoms in total. The van der Waals surface area contributed by atoms with Crippen LogP contribution in [0, 0.1) is 12.8 Å². The van der Waals surface area contributed by atoms with Crippen LogP contribution in [0.3, 0.4) is 0 Å². The summed E-state index contributed by atoms with van der Waals surface area (Å²) >= 11 is 1.60. The maximum atomic E-state index is 14.0.